The molecule has 1 unspecified atom stereocenters. The number of aromatic nitrogens is 2. The molecule has 0 N–H and O–H groups in total. The molecule has 4 rings (SSSR count). The summed E-state index contributed by atoms with van der Waals surface area (Å²) in [6.07, 6.45) is 0.741. The van der Waals surface area contributed by atoms with Crippen molar-refractivity contribution < 1.29 is 22.7 Å². The van der Waals surface area contributed by atoms with E-state index in [0.717, 1.165) is 17.0 Å². The Morgan fingerprint density at radius 2 is 2.06 bits per heavy atom. The zero-order valence-corrected chi connectivity index (χ0v) is 16.3. The summed E-state index contributed by atoms with van der Waals surface area (Å²) in [5.74, 6) is -1.62. The van der Waals surface area contributed by atoms with E-state index >= 15 is 0 Å². The summed E-state index contributed by atoms with van der Waals surface area (Å²) in [4.78, 5) is 30.2. The Morgan fingerprint density at radius 3 is 2.77 bits per heavy atom. The van der Waals surface area contributed by atoms with Crippen LogP contribution in [0.5, 0.6) is 11.5 Å². The number of amides is 1. The first-order chi connectivity index (χ1) is 14.7. The van der Waals surface area contributed by atoms with Gasteiger partial charge in [0.1, 0.15) is 5.75 Å². The van der Waals surface area contributed by atoms with Gasteiger partial charge in [-0.1, -0.05) is 29.8 Å². The van der Waals surface area contributed by atoms with Crippen molar-refractivity contribution in [3.05, 3.63) is 75.0 Å². The molecule has 31 heavy (non-hydrogen) atoms. The maximum atomic E-state index is 13.5. The summed E-state index contributed by atoms with van der Waals surface area (Å²) >= 11 is 5.87. The molecule has 3 heterocycles. The molecular formula is C20H12ClF3N4O3. The number of fused-ring (bicyclic) bond motifs is 1. The molecule has 2 aliphatic rings. The summed E-state index contributed by atoms with van der Waals surface area (Å²) in [6.45, 7) is 0.267. The van der Waals surface area contributed by atoms with Gasteiger partial charge in [-0.05, 0) is 18.2 Å². The normalized spacial score (nSPS) is 17.5. The number of benzene rings is 1. The van der Waals surface area contributed by atoms with Gasteiger partial charge in [-0.2, -0.15) is 18.4 Å². The topological polar surface area (TPSA) is 88.0 Å². The van der Waals surface area contributed by atoms with Crippen LogP contribution in [0.1, 0.15) is 11.3 Å². The van der Waals surface area contributed by atoms with Crippen LogP contribution in [0.4, 0.5) is 13.2 Å². The van der Waals surface area contributed by atoms with Gasteiger partial charge in [0.15, 0.2) is 5.69 Å². The highest BCUT2D eigenvalue weighted by Crippen LogP contribution is 2.35. The summed E-state index contributed by atoms with van der Waals surface area (Å²) in [5.41, 5.74) is -2.40. The van der Waals surface area contributed by atoms with Crippen molar-refractivity contribution in [1.82, 2.24) is 14.5 Å². The van der Waals surface area contributed by atoms with Crippen molar-refractivity contribution in [3.8, 4) is 17.6 Å². The van der Waals surface area contributed by atoms with Crippen LogP contribution in [0.25, 0.3) is 0 Å². The molecule has 0 saturated carbocycles. The molecule has 2 aromatic rings. The fourth-order valence-corrected chi connectivity index (χ4v) is 3.32. The average molecular weight is 449 g/mol. The van der Waals surface area contributed by atoms with E-state index in [2.05, 4.69) is 4.98 Å². The van der Waals surface area contributed by atoms with Crippen molar-refractivity contribution in [2.75, 3.05) is 6.54 Å². The maximum absolute atomic E-state index is 13.5. The lowest BCUT2D eigenvalue weighted by atomic mass is 10.2. The number of halogens is 4. The molecule has 2 aliphatic heterocycles. The van der Waals surface area contributed by atoms with Gasteiger partial charge in [0, 0.05) is 17.1 Å². The number of ether oxygens (including phenoxy) is 1. The lowest BCUT2D eigenvalue weighted by molar-refractivity contribution is -0.142. The molecular weight excluding hydrogens is 437 g/mol. The molecule has 0 radical (unpaired) electrons. The minimum atomic E-state index is -4.97. The van der Waals surface area contributed by atoms with Crippen molar-refractivity contribution in [3.63, 3.8) is 0 Å². The second kappa shape index (κ2) is 7.59. The van der Waals surface area contributed by atoms with E-state index in [-0.39, 0.29) is 40.4 Å². The summed E-state index contributed by atoms with van der Waals surface area (Å²) < 4.78 is 46.5. The number of nitrogens with zero attached hydrogens (tertiary/aromatic N) is 4. The molecule has 1 fully saturated rings. The predicted octanol–water partition coefficient (Wildman–Crippen LogP) is 3.29. The van der Waals surface area contributed by atoms with Gasteiger partial charge in [0.25, 0.3) is 11.5 Å². The maximum Gasteiger partial charge on any atom is 0.437 e. The number of allylic oxidation sites excluding steroid dienone is 2. The van der Waals surface area contributed by atoms with Gasteiger partial charge in [-0.3, -0.25) is 14.2 Å². The third kappa shape index (κ3) is 4.18. The molecule has 7 nitrogen and oxygen atoms in total. The van der Waals surface area contributed by atoms with Gasteiger partial charge >= 0.3 is 6.18 Å². The summed E-state index contributed by atoms with van der Waals surface area (Å²) in [5, 5.41) is 9.06. The van der Waals surface area contributed by atoms with Gasteiger partial charge in [-0.15, -0.1) is 0 Å². The van der Waals surface area contributed by atoms with Crippen LogP contribution < -0.4 is 10.3 Å². The largest absolute Gasteiger partial charge is 0.449 e. The van der Waals surface area contributed by atoms with Crippen LogP contribution >= 0.6 is 11.6 Å². The first kappa shape index (κ1) is 20.7. The van der Waals surface area contributed by atoms with E-state index < -0.39 is 23.2 Å². The Bertz CT molecular complexity index is 1240. The highest BCUT2D eigenvalue weighted by atomic mass is 35.5. The molecule has 0 aliphatic carbocycles. The Morgan fingerprint density at radius 1 is 1.29 bits per heavy atom. The lowest BCUT2D eigenvalue weighted by Crippen LogP contribution is -2.29. The number of hydrogen-bond donors (Lipinski definition) is 0. The molecule has 0 spiro atoms. The van der Waals surface area contributed by atoms with Gasteiger partial charge in [0.2, 0.25) is 5.75 Å². The van der Waals surface area contributed by atoms with Crippen LogP contribution in [-0.4, -0.2) is 32.9 Å². The quantitative estimate of drug-likeness (QED) is 0.670. The molecule has 1 atom stereocenters. The number of hydrogen-bond acceptors (Lipinski definition) is 5. The van der Waals surface area contributed by atoms with E-state index in [1.54, 1.807) is 17.0 Å². The van der Waals surface area contributed by atoms with E-state index in [0.29, 0.717) is 6.54 Å². The van der Waals surface area contributed by atoms with E-state index in [1.165, 1.54) is 18.2 Å². The standard InChI is InChI=1S/C20H12ClF3N4O3/c21-13-4-11(7-25)5-15(6-13)31-16-17(20(22,23)24)26-10-27(19(16)30)8-12-2-1-3-14-9-28(14)18(12)29/h1-6,10,14H,8-9H2. The third-order valence-corrected chi connectivity index (χ3v) is 4.86. The Labute approximate surface area is 178 Å². The molecule has 1 aromatic carbocycles. The number of carbonyl (C=O) groups excluding carboxylic acids is 1. The van der Waals surface area contributed by atoms with Gasteiger partial charge in [0.05, 0.1) is 30.5 Å². The summed E-state index contributed by atoms with van der Waals surface area (Å²) in [6, 6.07) is 5.40. The minimum absolute atomic E-state index is 0.000226. The summed E-state index contributed by atoms with van der Waals surface area (Å²) in [7, 11) is 0. The number of rotatable bonds is 4. The lowest BCUT2D eigenvalue weighted by Gasteiger charge is -2.15. The fourth-order valence-electron chi connectivity index (χ4n) is 3.09. The molecule has 1 aromatic heterocycles. The zero-order chi connectivity index (χ0) is 22.3. The minimum Gasteiger partial charge on any atom is -0.449 e. The Balaban J connectivity index is 1.74. The van der Waals surface area contributed by atoms with Crippen molar-refractivity contribution >= 4 is 17.5 Å². The van der Waals surface area contributed by atoms with Crippen molar-refractivity contribution in [2.45, 2.75) is 18.8 Å². The number of carbonyl (C=O) groups is 1. The average Bonchev–Trinajstić information content (AvgIpc) is 3.48. The monoisotopic (exact) mass is 448 g/mol. The van der Waals surface area contributed by atoms with Crippen LogP contribution in [0.3, 0.4) is 0 Å². The van der Waals surface area contributed by atoms with Crippen molar-refractivity contribution in [1.29, 1.82) is 5.26 Å². The molecule has 1 amide bonds. The van der Waals surface area contributed by atoms with Gasteiger partial charge < -0.3 is 9.64 Å². The highest BCUT2D eigenvalue weighted by molar-refractivity contribution is 6.30. The van der Waals surface area contributed by atoms with Crippen LogP contribution in [0, 0.1) is 11.3 Å². The van der Waals surface area contributed by atoms with Gasteiger partial charge in [-0.25, -0.2) is 4.98 Å². The first-order valence-corrected chi connectivity index (χ1v) is 9.28. The van der Waals surface area contributed by atoms with Crippen LogP contribution in [0.2, 0.25) is 5.02 Å². The Kier molecular flexibility index (Phi) is 5.07. The Hall–Kier alpha value is -3.58. The molecule has 0 bridgehead atoms. The molecule has 1 saturated heterocycles. The smallest absolute Gasteiger partial charge is 0.437 e. The highest BCUT2D eigenvalue weighted by Gasteiger charge is 2.40. The fraction of sp³-hybridized carbons (Fsp3) is 0.200. The molecule has 158 valence electrons. The number of alkyl halides is 3. The van der Waals surface area contributed by atoms with Crippen LogP contribution in [0.15, 0.2) is 53.1 Å². The van der Waals surface area contributed by atoms with E-state index in [1.807, 2.05) is 6.08 Å². The van der Waals surface area contributed by atoms with E-state index in [4.69, 9.17) is 21.6 Å². The zero-order valence-electron chi connectivity index (χ0n) is 15.6. The first-order valence-electron chi connectivity index (χ1n) is 8.91. The SMILES string of the molecule is N#Cc1cc(Cl)cc(Oc2c(C(F)(F)F)ncn(CC3=CC=CC4CN4C3=O)c2=O)c1. The second-order valence-electron chi connectivity index (χ2n) is 6.84. The second-order valence-corrected chi connectivity index (χ2v) is 7.28. The van der Waals surface area contributed by atoms with Crippen molar-refractivity contribution in [2.24, 2.45) is 0 Å². The predicted molar refractivity (Wildman–Crippen MR) is 102 cm³/mol. The number of nitriles is 1. The third-order valence-electron chi connectivity index (χ3n) is 4.64. The van der Waals surface area contributed by atoms with E-state index in [9.17, 15) is 22.8 Å². The van der Waals surface area contributed by atoms with Crippen LogP contribution in [-0.2, 0) is 17.5 Å². The molecule has 11 heteroatoms.